The lowest BCUT2D eigenvalue weighted by Crippen LogP contribution is -1.90. The van der Waals surface area contributed by atoms with Crippen LogP contribution in [0.3, 0.4) is 0 Å². The van der Waals surface area contributed by atoms with Crippen molar-refractivity contribution in [3.63, 3.8) is 0 Å². The van der Waals surface area contributed by atoms with Gasteiger partial charge in [-0.2, -0.15) is 0 Å². The summed E-state index contributed by atoms with van der Waals surface area (Å²) in [6, 6.07) is 9.30. The van der Waals surface area contributed by atoms with E-state index in [1.807, 2.05) is 13.8 Å². The number of para-hydroxylation sites is 1. The second-order valence-electron chi connectivity index (χ2n) is 5.54. The summed E-state index contributed by atoms with van der Waals surface area (Å²) in [5.74, 6) is 1.06. The van der Waals surface area contributed by atoms with Crippen LogP contribution < -0.4 is 4.74 Å². The average molecular weight is 310 g/mol. The smallest absolute Gasteiger partial charge is 0.252 e. The lowest BCUT2D eigenvalue weighted by Gasteiger charge is -2.07. The molecule has 0 spiro atoms. The van der Waals surface area contributed by atoms with Gasteiger partial charge >= 0.3 is 0 Å². The summed E-state index contributed by atoms with van der Waals surface area (Å²) in [6.07, 6.45) is 0. The summed E-state index contributed by atoms with van der Waals surface area (Å²) in [5, 5.41) is 18.4. The number of aryl methyl sites for hydroxylation is 3. The minimum Gasteiger partial charge on any atom is -0.504 e. The van der Waals surface area contributed by atoms with Crippen molar-refractivity contribution in [1.29, 1.82) is 0 Å². The first kappa shape index (κ1) is 15.1. The molecular weight excluding hydrogens is 292 g/mol. The maximum absolute atomic E-state index is 10.2. The van der Waals surface area contributed by atoms with Crippen LogP contribution in [-0.2, 0) is 0 Å². The van der Waals surface area contributed by atoms with E-state index in [4.69, 9.17) is 9.15 Å². The highest BCUT2D eigenvalue weighted by molar-refractivity contribution is 5.69. The van der Waals surface area contributed by atoms with E-state index in [-0.39, 0.29) is 11.6 Å². The molecule has 5 nitrogen and oxygen atoms in total. The van der Waals surface area contributed by atoms with Crippen LogP contribution in [0, 0.1) is 20.8 Å². The number of aromatic nitrogens is 2. The first-order chi connectivity index (χ1) is 11.0. The quantitative estimate of drug-likeness (QED) is 0.790. The lowest BCUT2D eigenvalue weighted by molar-refractivity contribution is 0.373. The second-order valence-corrected chi connectivity index (χ2v) is 5.54. The van der Waals surface area contributed by atoms with E-state index >= 15 is 0 Å². The van der Waals surface area contributed by atoms with Gasteiger partial charge in [-0.1, -0.05) is 23.8 Å². The number of hydrogen-bond acceptors (Lipinski definition) is 5. The van der Waals surface area contributed by atoms with Gasteiger partial charge < -0.3 is 14.3 Å². The van der Waals surface area contributed by atoms with Crippen LogP contribution in [0.1, 0.15) is 16.7 Å². The number of nitrogens with zero attached hydrogens (tertiary/aromatic N) is 2. The largest absolute Gasteiger partial charge is 0.504 e. The van der Waals surface area contributed by atoms with Crippen LogP contribution in [0.25, 0.3) is 22.9 Å². The lowest BCUT2D eigenvalue weighted by atomic mass is 10.00. The number of methoxy groups -OCH3 is 1. The van der Waals surface area contributed by atoms with Gasteiger partial charge in [0.15, 0.2) is 11.5 Å². The van der Waals surface area contributed by atoms with Gasteiger partial charge in [-0.05, 0) is 44.0 Å². The number of ether oxygens (including phenoxy) is 1. The Morgan fingerprint density at radius 3 is 2.30 bits per heavy atom. The Morgan fingerprint density at radius 2 is 1.65 bits per heavy atom. The Balaban J connectivity index is 2.09. The average Bonchev–Trinajstić information content (AvgIpc) is 2.95. The molecule has 0 aliphatic heterocycles. The van der Waals surface area contributed by atoms with Gasteiger partial charge in [-0.15, -0.1) is 10.2 Å². The molecule has 0 unspecified atom stereocenters. The molecule has 23 heavy (non-hydrogen) atoms. The highest BCUT2D eigenvalue weighted by atomic mass is 16.5. The third-order valence-corrected chi connectivity index (χ3v) is 3.77. The van der Waals surface area contributed by atoms with Crippen molar-refractivity contribution in [1.82, 2.24) is 10.2 Å². The fourth-order valence-electron chi connectivity index (χ4n) is 2.81. The van der Waals surface area contributed by atoms with Gasteiger partial charge in [0.25, 0.3) is 5.89 Å². The van der Waals surface area contributed by atoms with Crippen LogP contribution in [0.4, 0.5) is 0 Å². The molecule has 0 amide bonds. The molecule has 1 N–H and O–H groups in total. The highest BCUT2D eigenvalue weighted by Gasteiger charge is 2.18. The molecule has 5 heteroatoms. The molecule has 0 atom stereocenters. The molecule has 3 aromatic rings. The molecule has 0 fully saturated rings. The molecule has 0 saturated heterocycles. The summed E-state index contributed by atoms with van der Waals surface area (Å²) < 4.78 is 10.9. The maximum atomic E-state index is 10.2. The SMILES string of the molecule is COc1cccc(-c2nnc(-c3c(C)cc(C)cc3C)o2)c1O. The first-order valence-electron chi connectivity index (χ1n) is 7.29. The molecular formula is C18H18N2O3. The zero-order valence-electron chi connectivity index (χ0n) is 13.5. The molecule has 2 aromatic carbocycles. The van der Waals surface area contributed by atoms with Gasteiger partial charge in [-0.25, -0.2) is 0 Å². The molecule has 118 valence electrons. The van der Waals surface area contributed by atoms with Gasteiger partial charge in [-0.3, -0.25) is 0 Å². The standard InChI is InChI=1S/C18H18N2O3/c1-10-8-11(2)15(12(3)9-10)18-20-19-17(23-18)13-6-5-7-14(22-4)16(13)21/h5-9,21H,1-4H3. The van der Waals surface area contributed by atoms with E-state index in [2.05, 4.69) is 29.3 Å². The van der Waals surface area contributed by atoms with Crippen molar-refractivity contribution in [2.75, 3.05) is 7.11 Å². The number of phenolic OH excluding ortho intramolecular Hbond substituents is 1. The van der Waals surface area contributed by atoms with Gasteiger partial charge in [0.05, 0.1) is 12.7 Å². The van der Waals surface area contributed by atoms with E-state index in [0.717, 1.165) is 16.7 Å². The summed E-state index contributed by atoms with van der Waals surface area (Å²) >= 11 is 0. The van der Waals surface area contributed by atoms with Gasteiger partial charge in [0.2, 0.25) is 5.89 Å². The summed E-state index contributed by atoms with van der Waals surface area (Å²) in [6.45, 7) is 6.09. The Kier molecular flexibility index (Phi) is 3.78. The Bertz CT molecular complexity index is 845. The van der Waals surface area contributed by atoms with E-state index in [1.165, 1.54) is 12.7 Å². The molecule has 3 rings (SSSR count). The van der Waals surface area contributed by atoms with Crippen molar-refractivity contribution in [2.24, 2.45) is 0 Å². The summed E-state index contributed by atoms with van der Waals surface area (Å²) in [4.78, 5) is 0. The van der Waals surface area contributed by atoms with Crippen LogP contribution in [0.2, 0.25) is 0 Å². The molecule has 0 saturated carbocycles. The van der Waals surface area contributed by atoms with Crippen molar-refractivity contribution in [3.05, 3.63) is 47.0 Å². The van der Waals surface area contributed by atoms with E-state index in [0.29, 0.717) is 17.2 Å². The summed E-state index contributed by atoms with van der Waals surface area (Å²) in [5.41, 5.74) is 4.72. The monoisotopic (exact) mass is 310 g/mol. The normalized spacial score (nSPS) is 10.8. The minimum absolute atomic E-state index is 0.0115. The Hall–Kier alpha value is -2.82. The van der Waals surface area contributed by atoms with E-state index in [1.54, 1.807) is 18.2 Å². The molecule has 1 aromatic heterocycles. The van der Waals surface area contributed by atoms with Crippen molar-refractivity contribution >= 4 is 0 Å². The maximum Gasteiger partial charge on any atom is 0.252 e. The van der Waals surface area contributed by atoms with E-state index in [9.17, 15) is 5.11 Å². The van der Waals surface area contributed by atoms with Crippen molar-refractivity contribution < 1.29 is 14.3 Å². The predicted octanol–water partition coefficient (Wildman–Crippen LogP) is 4.04. The fraction of sp³-hybridized carbons (Fsp3) is 0.222. The predicted molar refractivity (Wildman–Crippen MR) is 87.6 cm³/mol. The highest BCUT2D eigenvalue weighted by Crippen LogP contribution is 2.37. The van der Waals surface area contributed by atoms with Crippen molar-refractivity contribution in [2.45, 2.75) is 20.8 Å². The van der Waals surface area contributed by atoms with Gasteiger partial charge in [0, 0.05) is 5.56 Å². The zero-order valence-corrected chi connectivity index (χ0v) is 13.5. The minimum atomic E-state index is -0.0115. The Labute approximate surface area is 134 Å². The number of rotatable bonds is 3. The molecule has 1 heterocycles. The summed E-state index contributed by atoms with van der Waals surface area (Å²) in [7, 11) is 1.50. The second kappa shape index (κ2) is 5.76. The topological polar surface area (TPSA) is 68.4 Å². The molecule has 0 radical (unpaired) electrons. The van der Waals surface area contributed by atoms with Crippen LogP contribution in [0.5, 0.6) is 11.5 Å². The number of benzene rings is 2. The van der Waals surface area contributed by atoms with Crippen LogP contribution in [-0.4, -0.2) is 22.4 Å². The number of hydrogen-bond donors (Lipinski definition) is 1. The van der Waals surface area contributed by atoms with Crippen molar-refractivity contribution in [3.8, 4) is 34.4 Å². The molecule has 0 bridgehead atoms. The third-order valence-electron chi connectivity index (χ3n) is 3.77. The molecule has 0 aliphatic carbocycles. The fourth-order valence-corrected chi connectivity index (χ4v) is 2.81. The number of phenols is 1. The third kappa shape index (κ3) is 2.65. The molecule has 0 aliphatic rings. The van der Waals surface area contributed by atoms with Crippen LogP contribution in [0.15, 0.2) is 34.7 Å². The zero-order chi connectivity index (χ0) is 16.6. The Morgan fingerprint density at radius 1 is 1.00 bits per heavy atom. The number of aromatic hydroxyl groups is 1. The first-order valence-corrected chi connectivity index (χ1v) is 7.29. The van der Waals surface area contributed by atoms with Gasteiger partial charge in [0.1, 0.15) is 0 Å². The van der Waals surface area contributed by atoms with E-state index < -0.39 is 0 Å². The van der Waals surface area contributed by atoms with Crippen LogP contribution >= 0.6 is 0 Å².